The van der Waals surface area contributed by atoms with Gasteiger partial charge in [-0.25, -0.2) is 0 Å². The van der Waals surface area contributed by atoms with Gasteiger partial charge in [0.05, 0.1) is 42.7 Å². The minimum atomic E-state index is -2.06. The van der Waals surface area contributed by atoms with E-state index < -0.39 is 13.9 Å². The van der Waals surface area contributed by atoms with Gasteiger partial charge in [0, 0.05) is 18.4 Å². The quantitative estimate of drug-likeness (QED) is 0.244. The van der Waals surface area contributed by atoms with Crippen LogP contribution in [0.3, 0.4) is 0 Å². The summed E-state index contributed by atoms with van der Waals surface area (Å²) in [6.45, 7) is 20.4. The maximum Gasteiger partial charge on any atom is 0.192 e. The van der Waals surface area contributed by atoms with Gasteiger partial charge < -0.3 is 28.1 Å². The highest BCUT2D eigenvalue weighted by atomic mass is 28.4. The van der Waals surface area contributed by atoms with Crippen molar-refractivity contribution in [2.45, 2.75) is 133 Å². The van der Waals surface area contributed by atoms with Gasteiger partial charge in [-0.1, -0.05) is 57.2 Å². The third-order valence-corrected chi connectivity index (χ3v) is 14.1. The molecule has 4 fully saturated rings. The van der Waals surface area contributed by atoms with E-state index >= 15 is 0 Å². The fraction of sp³-hybridized carbons (Fsp3) is 0.733. The van der Waals surface area contributed by atoms with Crippen molar-refractivity contribution in [3.63, 3.8) is 0 Å². The summed E-state index contributed by atoms with van der Waals surface area (Å²) in [5.41, 5.74) is 0.327. The van der Waals surface area contributed by atoms with Crippen LogP contribution in [0.1, 0.15) is 72.2 Å². The lowest BCUT2D eigenvalue weighted by molar-refractivity contribution is -0.307. The molecule has 1 unspecified atom stereocenters. The Hall–Kier alpha value is -1.06. The molecule has 0 aliphatic carbocycles. The normalized spacial score (nSPS) is 42.3. The molecule has 1 aromatic carbocycles. The van der Waals surface area contributed by atoms with E-state index in [1.165, 1.54) is 0 Å². The number of epoxide rings is 1. The molecule has 4 saturated heterocycles. The van der Waals surface area contributed by atoms with Crippen molar-refractivity contribution in [1.82, 2.24) is 0 Å². The molecule has 0 bridgehead atoms. The Morgan fingerprint density at radius 2 is 1.70 bits per heavy atom. The van der Waals surface area contributed by atoms with Crippen LogP contribution in [0.4, 0.5) is 0 Å². The van der Waals surface area contributed by atoms with Crippen LogP contribution < -0.4 is 0 Å². The maximum absolute atomic E-state index is 7.17. The molecule has 37 heavy (non-hydrogen) atoms. The summed E-state index contributed by atoms with van der Waals surface area (Å²) in [5.74, 6) is 0. The standard InChI is InChI=1S/C30H46O6Si/c1-9-29(5)26(35-29)18-25-30(6,36-37(7,8)28(2,3)4)16-15-21-22(33-25)17-23-24(32-21)19-31-27(34-23)20-13-11-10-12-14-20/h9-14,21-27H,1,15-19H2,2-8H3/t21-,22+,23-,24+,25-,26+,27?,29+,30+/m0/s1. The summed E-state index contributed by atoms with van der Waals surface area (Å²) in [5, 5.41) is 0.106. The molecule has 0 aromatic heterocycles. The van der Waals surface area contributed by atoms with Gasteiger partial charge in [0.15, 0.2) is 14.6 Å². The molecule has 0 amide bonds. The molecule has 4 heterocycles. The average Bonchev–Trinajstić information content (AvgIpc) is 3.53. The number of ether oxygens (including phenoxy) is 5. The van der Waals surface area contributed by atoms with Crippen molar-refractivity contribution in [3.05, 3.63) is 48.6 Å². The molecule has 4 aliphatic heterocycles. The second-order valence-electron chi connectivity index (χ2n) is 13.3. The highest BCUT2D eigenvalue weighted by Crippen LogP contribution is 2.49. The average molecular weight is 531 g/mol. The molecule has 0 spiro atoms. The number of hydrogen-bond donors (Lipinski definition) is 0. The zero-order valence-electron chi connectivity index (χ0n) is 23.7. The first-order chi connectivity index (χ1) is 17.3. The van der Waals surface area contributed by atoms with E-state index in [0.29, 0.717) is 6.61 Å². The van der Waals surface area contributed by atoms with E-state index in [9.17, 15) is 0 Å². The minimum absolute atomic E-state index is 0.0000228. The first-order valence-electron chi connectivity index (χ1n) is 14.0. The molecule has 1 aromatic rings. The highest BCUT2D eigenvalue weighted by Gasteiger charge is 2.57. The zero-order chi connectivity index (χ0) is 26.6. The molecule has 0 radical (unpaired) electrons. The largest absolute Gasteiger partial charge is 0.409 e. The van der Waals surface area contributed by atoms with Crippen molar-refractivity contribution in [3.8, 4) is 0 Å². The Bertz CT molecular complexity index is 963. The second kappa shape index (κ2) is 9.84. The van der Waals surface area contributed by atoms with E-state index in [1.54, 1.807) is 0 Å². The van der Waals surface area contributed by atoms with Crippen LogP contribution in [0.25, 0.3) is 0 Å². The third-order valence-electron chi connectivity index (χ3n) is 9.48. The van der Waals surface area contributed by atoms with Crippen LogP contribution in [-0.2, 0) is 28.1 Å². The number of hydrogen-bond acceptors (Lipinski definition) is 6. The van der Waals surface area contributed by atoms with Gasteiger partial charge in [0.1, 0.15) is 11.7 Å². The van der Waals surface area contributed by atoms with Crippen molar-refractivity contribution in [2.24, 2.45) is 0 Å². The Kier molecular flexibility index (Phi) is 7.32. The second-order valence-corrected chi connectivity index (χ2v) is 18.0. The number of benzene rings is 1. The van der Waals surface area contributed by atoms with E-state index in [0.717, 1.165) is 31.2 Å². The first kappa shape index (κ1) is 27.5. The van der Waals surface area contributed by atoms with Gasteiger partial charge in [-0.2, -0.15) is 0 Å². The summed E-state index contributed by atoms with van der Waals surface area (Å²) >= 11 is 0. The van der Waals surface area contributed by atoms with E-state index in [4.69, 9.17) is 28.1 Å². The van der Waals surface area contributed by atoms with Crippen LogP contribution in [0.5, 0.6) is 0 Å². The molecule has 5 rings (SSSR count). The van der Waals surface area contributed by atoms with Gasteiger partial charge in [0.2, 0.25) is 0 Å². The van der Waals surface area contributed by atoms with E-state index in [2.05, 4.69) is 54.3 Å². The van der Waals surface area contributed by atoms with Gasteiger partial charge in [-0.15, -0.1) is 6.58 Å². The lowest BCUT2D eigenvalue weighted by atomic mass is 9.88. The van der Waals surface area contributed by atoms with Crippen LogP contribution >= 0.6 is 0 Å². The molecule has 0 saturated carbocycles. The predicted octanol–water partition coefficient (Wildman–Crippen LogP) is 6.32. The molecule has 6 nitrogen and oxygen atoms in total. The molecular formula is C30H46O6Si. The molecule has 0 N–H and O–H groups in total. The van der Waals surface area contributed by atoms with E-state index in [-0.39, 0.29) is 53.6 Å². The Morgan fingerprint density at radius 1 is 1.00 bits per heavy atom. The zero-order valence-corrected chi connectivity index (χ0v) is 24.7. The Morgan fingerprint density at radius 3 is 2.35 bits per heavy atom. The van der Waals surface area contributed by atoms with Gasteiger partial charge >= 0.3 is 0 Å². The van der Waals surface area contributed by atoms with Crippen molar-refractivity contribution < 1.29 is 28.1 Å². The van der Waals surface area contributed by atoms with Gasteiger partial charge in [-0.05, 0) is 44.8 Å². The van der Waals surface area contributed by atoms with E-state index in [1.807, 2.05) is 36.4 Å². The summed E-state index contributed by atoms with van der Waals surface area (Å²) < 4.78 is 39.4. The van der Waals surface area contributed by atoms with Gasteiger partial charge in [-0.3, -0.25) is 0 Å². The SMILES string of the molecule is C=C[C@@]1(C)O[C@@H]1C[C@@H]1O[C@@H]2C[C@@H]3OC(c4ccccc4)OC[C@H]3O[C@H]2CC[C@@]1(C)O[Si](C)(C)C(C)(C)C. The molecule has 4 aliphatic rings. The topological polar surface area (TPSA) is 58.7 Å². The monoisotopic (exact) mass is 530 g/mol. The van der Waals surface area contributed by atoms with Crippen molar-refractivity contribution in [2.75, 3.05) is 6.61 Å². The lowest BCUT2D eigenvalue weighted by Gasteiger charge is -2.47. The van der Waals surface area contributed by atoms with Gasteiger partial charge in [0.25, 0.3) is 0 Å². The fourth-order valence-electron chi connectivity index (χ4n) is 5.82. The van der Waals surface area contributed by atoms with Crippen molar-refractivity contribution >= 4 is 8.32 Å². The smallest absolute Gasteiger partial charge is 0.192 e. The highest BCUT2D eigenvalue weighted by molar-refractivity contribution is 6.74. The molecule has 7 heteroatoms. The summed E-state index contributed by atoms with van der Waals surface area (Å²) in [7, 11) is -2.06. The molecular weight excluding hydrogens is 484 g/mol. The third kappa shape index (κ3) is 5.51. The fourth-order valence-corrected chi connectivity index (χ4v) is 7.52. The Balaban J connectivity index is 1.36. The number of fused-ring (bicyclic) bond motifs is 2. The maximum atomic E-state index is 7.17. The molecule has 206 valence electrons. The summed E-state index contributed by atoms with van der Waals surface area (Å²) in [6, 6.07) is 10.1. The van der Waals surface area contributed by atoms with Crippen LogP contribution in [0.15, 0.2) is 43.0 Å². The lowest BCUT2D eigenvalue weighted by Crippen LogP contribution is -2.56. The number of rotatable bonds is 6. The first-order valence-corrected chi connectivity index (χ1v) is 16.9. The molecule has 9 atom stereocenters. The summed E-state index contributed by atoms with van der Waals surface area (Å²) in [4.78, 5) is 0. The Labute approximate surface area is 224 Å². The van der Waals surface area contributed by atoms with Crippen LogP contribution in [0, 0.1) is 0 Å². The minimum Gasteiger partial charge on any atom is -0.409 e. The predicted molar refractivity (Wildman–Crippen MR) is 146 cm³/mol. The van der Waals surface area contributed by atoms with Crippen LogP contribution in [0.2, 0.25) is 18.1 Å². The van der Waals surface area contributed by atoms with Crippen LogP contribution in [-0.4, -0.2) is 62.8 Å². The van der Waals surface area contributed by atoms with Crippen molar-refractivity contribution in [1.29, 1.82) is 0 Å². The summed E-state index contributed by atoms with van der Waals surface area (Å²) in [6.07, 6.45) is 4.67.